The van der Waals surface area contributed by atoms with Gasteiger partial charge in [-0.1, -0.05) is 0 Å². The largest absolute Gasteiger partial charge is 0.462 e. The van der Waals surface area contributed by atoms with Gasteiger partial charge in [-0.25, -0.2) is 14.2 Å². The molecular weight excluding hydrogens is 429 g/mol. The predicted molar refractivity (Wildman–Crippen MR) is 119 cm³/mol. The summed E-state index contributed by atoms with van der Waals surface area (Å²) in [6.45, 7) is 3.02. The number of nitrogens with two attached hydrogens (primary N) is 1. The van der Waals surface area contributed by atoms with E-state index in [1.165, 1.54) is 0 Å². The molecule has 0 bridgehead atoms. The zero-order valence-electron chi connectivity index (χ0n) is 18.1. The number of carbonyl (C=O) groups is 2. The Balaban J connectivity index is 1.58. The van der Waals surface area contributed by atoms with Crippen molar-refractivity contribution in [3.05, 3.63) is 53.1 Å². The third-order valence-electron chi connectivity index (χ3n) is 5.99. The number of rotatable bonds is 5. The Morgan fingerprint density at radius 2 is 2.30 bits per heavy atom. The number of carbonyl (C=O) groups excluding carboxylic acids is 2. The molecule has 0 radical (unpaired) electrons. The Morgan fingerprint density at radius 3 is 3.09 bits per heavy atom. The van der Waals surface area contributed by atoms with Crippen LogP contribution in [-0.2, 0) is 16.0 Å². The lowest BCUT2D eigenvalue weighted by molar-refractivity contribution is 0.0526. The van der Waals surface area contributed by atoms with Gasteiger partial charge in [0.05, 0.1) is 30.0 Å². The van der Waals surface area contributed by atoms with E-state index >= 15 is 4.39 Å². The summed E-state index contributed by atoms with van der Waals surface area (Å²) in [6, 6.07) is 4.67. The fourth-order valence-corrected chi connectivity index (χ4v) is 4.28. The van der Waals surface area contributed by atoms with E-state index in [1.807, 2.05) is 4.40 Å². The van der Waals surface area contributed by atoms with Crippen LogP contribution in [-0.4, -0.2) is 53.2 Å². The second-order valence-corrected chi connectivity index (χ2v) is 8.13. The summed E-state index contributed by atoms with van der Waals surface area (Å²) >= 11 is 0. The first-order valence-corrected chi connectivity index (χ1v) is 10.9. The van der Waals surface area contributed by atoms with Crippen molar-refractivity contribution in [2.45, 2.75) is 32.0 Å². The van der Waals surface area contributed by atoms with Crippen molar-refractivity contribution in [2.24, 2.45) is 5.73 Å². The van der Waals surface area contributed by atoms with Crippen LogP contribution in [0.3, 0.4) is 0 Å². The Labute approximate surface area is 189 Å². The SMILES string of the molecule is CCOC(=O)c1ccn2cc(-c3nc(NC4CCOCC4N)c(F)c4c3C(=O)NC4)cc2c1. The Bertz CT molecular complexity index is 1260. The van der Waals surface area contributed by atoms with E-state index in [2.05, 4.69) is 15.6 Å². The fraction of sp³-hybridized carbons (Fsp3) is 0.348. The Kier molecular flexibility index (Phi) is 5.47. The van der Waals surface area contributed by atoms with Gasteiger partial charge in [0.15, 0.2) is 11.6 Å². The predicted octanol–water partition coefficient (Wildman–Crippen LogP) is 2.09. The normalized spacial score (nSPS) is 19.9. The van der Waals surface area contributed by atoms with Crippen molar-refractivity contribution < 1.29 is 23.5 Å². The van der Waals surface area contributed by atoms with Crippen molar-refractivity contribution in [1.29, 1.82) is 0 Å². The molecule has 0 saturated carbocycles. The molecule has 9 nitrogen and oxygen atoms in total. The maximum absolute atomic E-state index is 15.3. The number of amides is 1. The summed E-state index contributed by atoms with van der Waals surface area (Å²) in [7, 11) is 0. The van der Waals surface area contributed by atoms with E-state index < -0.39 is 11.8 Å². The van der Waals surface area contributed by atoms with Crippen LogP contribution >= 0.6 is 0 Å². The molecule has 1 fully saturated rings. The molecule has 33 heavy (non-hydrogen) atoms. The van der Waals surface area contributed by atoms with Gasteiger partial charge in [0, 0.05) is 54.3 Å². The summed E-state index contributed by atoms with van der Waals surface area (Å²) in [6.07, 6.45) is 4.15. The molecule has 172 valence electrons. The first kappa shape index (κ1) is 21.4. The number of nitrogens with one attached hydrogen (secondary N) is 2. The molecule has 3 aromatic rings. The minimum Gasteiger partial charge on any atom is -0.462 e. The van der Waals surface area contributed by atoms with Gasteiger partial charge in [0.25, 0.3) is 5.91 Å². The lowest BCUT2D eigenvalue weighted by Gasteiger charge is -2.30. The van der Waals surface area contributed by atoms with Crippen molar-refractivity contribution in [2.75, 3.05) is 25.1 Å². The molecule has 0 spiro atoms. The van der Waals surface area contributed by atoms with Crippen LogP contribution in [0, 0.1) is 5.82 Å². The highest BCUT2D eigenvalue weighted by molar-refractivity contribution is 6.04. The van der Waals surface area contributed by atoms with E-state index in [-0.39, 0.29) is 48.1 Å². The number of aromatic nitrogens is 2. The second-order valence-electron chi connectivity index (χ2n) is 8.13. The molecule has 2 unspecified atom stereocenters. The van der Waals surface area contributed by atoms with Gasteiger partial charge < -0.3 is 30.2 Å². The Morgan fingerprint density at radius 1 is 1.45 bits per heavy atom. The van der Waals surface area contributed by atoms with E-state index in [9.17, 15) is 9.59 Å². The fourth-order valence-electron chi connectivity index (χ4n) is 4.28. The smallest absolute Gasteiger partial charge is 0.338 e. The summed E-state index contributed by atoms with van der Waals surface area (Å²) < 4.78 is 27.5. The number of hydrogen-bond acceptors (Lipinski definition) is 7. The van der Waals surface area contributed by atoms with E-state index in [0.717, 1.165) is 5.52 Å². The lowest BCUT2D eigenvalue weighted by atomic mass is 10.0. The quantitative estimate of drug-likeness (QED) is 0.506. The zero-order valence-corrected chi connectivity index (χ0v) is 18.1. The molecule has 4 N–H and O–H groups in total. The highest BCUT2D eigenvalue weighted by atomic mass is 19.1. The molecule has 2 atom stereocenters. The molecule has 1 amide bonds. The standard InChI is InChI=1S/C23H24FN5O4/c1-2-33-23(31)12-3-5-29-10-13(8-14(29)7-12)20-18-15(9-26-22(18)30)19(24)21(28-20)27-17-4-6-32-11-16(17)25/h3,5,7-8,10,16-17H,2,4,6,9,11,25H2,1H3,(H,26,30)(H,27,28). The minimum absolute atomic E-state index is 0.0602. The van der Waals surface area contributed by atoms with Crippen LogP contribution in [0.5, 0.6) is 0 Å². The van der Waals surface area contributed by atoms with Crippen LogP contribution in [0.2, 0.25) is 0 Å². The van der Waals surface area contributed by atoms with Gasteiger partial charge in [0.1, 0.15) is 0 Å². The summed E-state index contributed by atoms with van der Waals surface area (Å²) in [5.74, 6) is -1.28. The number of esters is 1. The monoisotopic (exact) mass is 453 g/mol. The number of ether oxygens (including phenoxy) is 2. The number of halogens is 1. The van der Waals surface area contributed by atoms with Crippen molar-refractivity contribution in [1.82, 2.24) is 14.7 Å². The van der Waals surface area contributed by atoms with Crippen LogP contribution in [0.4, 0.5) is 10.2 Å². The summed E-state index contributed by atoms with van der Waals surface area (Å²) in [4.78, 5) is 29.2. The highest BCUT2D eigenvalue weighted by Crippen LogP contribution is 2.34. The molecule has 5 rings (SSSR count). The topological polar surface area (TPSA) is 120 Å². The van der Waals surface area contributed by atoms with Crippen LogP contribution in [0.25, 0.3) is 16.8 Å². The minimum atomic E-state index is -0.556. The number of pyridine rings is 2. The molecule has 0 aromatic carbocycles. The highest BCUT2D eigenvalue weighted by Gasteiger charge is 2.32. The van der Waals surface area contributed by atoms with Gasteiger partial charge in [-0.05, 0) is 31.5 Å². The second kappa shape index (κ2) is 8.45. The number of fused-ring (bicyclic) bond motifs is 2. The van der Waals surface area contributed by atoms with E-state index in [4.69, 9.17) is 15.2 Å². The van der Waals surface area contributed by atoms with E-state index in [0.29, 0.717) is 36.5 Å². The van der Waals surface area contributed by atoms with Crippen LogP contribution in [0.15, 0.2) is 30.6 Å². The Hall–Kier alpha value is -3.50. The number of hydrogen-bond donors (Lipinski definition) is 3. The average molecular weight is 453 g/mol. The maximum atomic E-state index is 15.3. The van der Waals surface area contributed by atoms with E-state index in [1.54, 1.807) is 37.5 Å². The average Bonchev–Trinajstić information content (AvgIpc) is 3.41. The lowest BCUT2D eigenvalue weighted by Crippen LogP contribution is -2.48. The molecule has 0 aliphatic carbocycles. The molecule has 2 aliphatic heterocycles. The van der Waals surface area contributed by atoms with Crippen molar-refractivity contribution in [3.63, 3.8) is 0 Å². The summed E-state index contributed by atoms with van der Waals surface area (Å²) in [5, 5.41) is 5.82. The number of anilines is 1. The van der Waals surface area contributed by atoms with Crippen molar-refractivity contribution in [3.8, 4) is 11.3 Å². The van der Waals surface area contributed by atoms with Gasteiger partial charge in [0.2, 0.25) is 0 Å². The van der Waals surface area contributed by atoms with Crippen LogP contribution < -0.4 is 16.4 Å². The van der Waals surface area contributed by atoms with Gasteiger partial charge in [-0.3, -0.25) is 4.79 Å². The maximum Gasteiger partial charge on any atom is 0.338 e. The molecule has 1 saturated heterocycles. The molecule has 3 aromatic heterocycles. The molecule has 2 aliphatic rings. The van der Waals surface area contributed by atoms with Crippen LogP contribution in [0.1, 0.15) is 39.6 Å². The number of nitrogens with zero attached hydrogens (tertiary/aromatic N) is 2. The first-order chi connectivity index (χ1) is 16.0. The zero-order chi connectivity index (χ0) is 23.1. The summed E-state index contributed by atoms with van der Waals surface area (Å²) in [5.41, 5.74) is 8.75. The van der Waals surface area contributed by atoms with Gasteiger partial charge in [-0.15, -0.1) is 0 Å². The molecule has 10 heteroatoms. The molecule has 5 heterocycles. The third-order valence-corrected chi connectivity index (χ3v) is 5.99. The van der Waals surface area contributed by atoms with Gasteiger partial charge >= 0.3 is 5.97 Å². The first-order valence-electron chi connectivity index (χ1n) is 10.9. The van der Waals surface area contributed by atoms with Gasteiger partial charge in [-0.2, -0.15) is 0 Å². The molecular formula is C23H24FN5O4. The third kappa shape index (κ3) is 3.81. The van der Waals surface area contributed by atoms with Crippen molar-refractivity contribution >= 4 is 23.2 Å².